The molecule has 0 aliphatic carbocycles. The molecule has 0 amide bonds. The Labute approximate surface area is 89.1 Å². The first kappa shape index (κ1) is 11.5. The molecule has 0 aliphatic rings. The summed E-state index contributed by atoms with van der Waals surface area (Å²) in [5.41, 5.74) is 0. The van der Waals surface area contributed by atoms with Gasteiger partial charge in [-0.25, -0.2) is 4.39 Å². The smallest absolute Gasteiger partial charge is 0.136 e. The van der Waals surface area contributed by atoms with Crippen molar-refractivity contribution in [3.63, 3.8) is 0 Å². The van der Waals surface area contributed by atoms with E-state index in [-0.39, 0.29) is 5.82 Å². The fourth-order valence-electron chi connectivity index (χ4n) is 1.12. The summed E-state index contributed by atoms with van der Waals surface area (Å²) in [6.07, 6.45) is 1.08. The second-order valence-electron chi connectivity index (χ2n) is 2.99. The number of thioether (sulfide) groups is 1. The highest BCUT2D eigenvalue weighted by Gasteiger charge is 1.99. The lowest BCUT2D eigenvalue weighted by atomic mass is 10.3. The van der Waals surface area contributed by atoms with Crippen molar-refractivity contribution in [2.45, 2.75) is 18.2 Å². The monoisotopic (exact) mass is 213 g/mol. The van der Waals surface area contributed by atoms with Gasteiger partial charge in [-0.1, -0.05) is 19.1 Å². The van der Waals surface area contributed by atoms with Crippen molar-refractivity contribution >= 4 is 11.8 Å². The first-order valence-electron chi connectivity index (χ1n) is 4.92. The number of rotatable bonds is 6. The van der Waals surface area contributed by atoms with Crippen LogP contribution in [0, 0.1) is 5.82 Å². The van der Waals surface area contributed by atoms with Gasteiger partial charge in [0.05, 0.1) is 0 Å². The van der Waals surface area contributed by atoms with E-state index in [1.54, 1.807) is 17.8 Å². The van der Waals surface area contributed by atoms with Gasteiger partial charge < -0.3 is 5.32 Å². The summed E-state index contributed by atoms with van der Waals surface area (Å²) < 4.78 is 13.1. The highest BCUT2D eigenvalue weighted by atomic mass is 32.2. The zero-order valence-electron chi connectivity index (χ0n) is 8.42. The van der Waals surface area contributed by atoms with E-state index < -0.39 is 0 Å². The van der Waals surface area contributed by atoms with Gasteiger partial charge in [0.25, 0.3) is 0 Å². The second kappa shape index (κ2) is 6.85. The van der Waals surface area contributed by atoms with E-state index >= 15 is 0 Å². The lowest BCUT2D eigenvalue weighted by Gasteiger charge is -2.03. The van der Waals surface area contributed by atoms with Gasteiger partial charge in [-0.05, 0) is 37.4 Å². The van der Waals surface area contributed by atoms with Crippen LogP contribution in [0.15, 0.2) is 29.2 Å². The molecule has 0 aromatic heterocycles. The largest absolute Gasteiger partial charge is 0.317 e. The highest BCUT2D eigenvalue weighted by molar-refractivity contribution is 7.99. The lowest BCUT2D eigenvalue weighted by Crippen LogP contribution is -2.14. The van der Waals surface area contributed by atoms with Crippen molar-refractivity contribution in [2.75, 3.05) is 18.8 Å². The summed E-state index contributed by atoms with van der Waals surface area (Å²) in [4.78, 5) is 0.754. The van der Waals surface area contributed by atoms with E-state index in [1.807, 2.05) is 12.1 Å². The zero-order chi connectivity index (χ0) is 10.2. The van der Waals surface area contributed by atoms with Crippen LogP contribution in [0.1, 0.15) is 13.3 Å². The van der Waals surface area contributed by atoms with Crippen molar-refractivity contribution in [3.8, 4) is 0 Å². The fraction of sp³-hybridized carbons (Fsp3) is 0.455. The SMILES string of the molecule is CCNCCCSc1ccccc1F. The molecule has 0 aliphatic heterocycles. The normalized spacial score (nSPS) is 10.4. The third-order valence-electron chi connectivity index (χ3n) is 1.84. The summed E-state index contributed by atoms with van der Waals surface area (Å²) >= 11 is 1.58. The number of hydrogen-bond acceptors (Lipinski definition) is 2. The van der Waals surface area contributed by atoms with Gasteiger partial charge in [-0.2, -0.15) is 0 Å². The molecular weight excluding hydrogens is 197 g/mol. The van der Waals surface area contributed by atoms with Crippen molar-refractivity contribution in [1.82, 2.24) is 5.32 Å². The third kappa shape index (κ3) is 4.11. The Bertz CT molecular complexity index is 265. The molecule has 0 unspecified atom stereocenters. The summed E-state index contributed by atoms with van der Waals surface area (Å²) in [6.45, 7) is 4.10. The molecule has 0 heterocycles. The van der Waals surface area contributed by atoms with E-state index in [1.165, 1.54) is 6.07 Å². The van der Waals surface area contributed by atoms with Crippen LogP contribution in [0.25, 0.3) is 0 Å². The topological polar surface area (TPSA) is 12.0 Å². The maximum Gasteiger partial charge on any atom is 0.136 e. The van der Waals surface area contributed by atoms with Crippen LogP contribution in [-0.4, -0.2) is 18.8 Å². The molecule has 0 radical (unpaired) electrons. The first-order chi connectivity index (χ1) is 6.84. The van der Waals surface area contributed by atoms with Crippen LogP contribution >= 0.6 is 11.8 Å². The van der Waals surface area contributed by atoms with E-state index in [0.29, 0.717) is 0 Å². The lowest BCUT2D eigenvalue weighted by molar-refractivity contribution is 0.602. The molecule has 3 heteroatoms. The molecular formula is C11H16FNS. The van der Waals surface area contributed by atoms with Crippen LogP contribution in [0.5, 0.6) is 0 Å². The number of nitrogens with one attached hydrogen (secondary N) is 1. The Morgan fingerprint density at radius 1 is 1.36 bits per heavy atom. The van der Waals surface area contributed by atoms with Crippen LogP contribution in [0.4, 0.5) is 4.39 Å². The molecule has 1 aromatic rings. The Balaban J connectivity index is 2.21. The van der Waals surface area contributed by atoms with Crippen LogP contribution < -0.4 is 5.32 Å². The zero-order valence-corrected chi connectivity index (χ0v) is 9.24. The Morgan fingerprint density at radius 2 is 2.14 bits per heavy atom. The minimum atomic E-state index is -0.110. The molecule has 0 bridgehead atoms. The predicted octanol–water partition coefficient (Wildman–Crippen LogP) is 2.92. The molecule has 0 saturated carbocycles. The van der Waals surface area contributed by atoms with Gasteiger partial charge in [0, 0.05) is 4.90 Å². The highest BCUT2D eigenvalue weighted by Crippen LogP contribution is 2.21. The van der Waals surface area contributed by atoms with Crippen LogP contribution in [-0.2, 0) is 0 Å². The molecule has 1 nitrogen and oxygen atoms in total. The average molecular weight is 213 g/mol. The Morgan fingerprint density at radius 3 is 2.86 bits per heavy atom. The van der Waals surface area contributed by atoms with Crippen molar-refractivity contribution in [2.24, 2.45) is 0 Å². The van der Waals surface area contributed by atoms with E-state index in [9.17, 15) is 4.39 Å². The minimum absolute atomic E-state index is 0.110. The summed E-state index contributed by atoms with van der Waals surface area (Å²) in [5, 5.41) is 3.24. The fourth-order valence-corrected chi connectivity index (χ4v) is 2.01. The third-order valence-corrected chi connectivity index (χ3v) is 2.98. The minimum Gasteiger partial charge on any atom is -0.317 e. The van der Waals surface area contributed by atoms with Gasteiger partial charge >= 0.3 is 0 Å². The van der Waals surface area contributed by atoms with Crippen molar-refractivity contribution in [3.05, 3.63) is 30.1 Å². The van der Waals surface area contributed by atoms with Gasteiger partial charge in [0.15, 0.2) is 0 Å². The number of benzene rings is 1. The number of halogens is 1. The second-order valence-corrected chi connectivity index (χ2v) is 4.12. The summed E-state index contributed by atoms with van der Waals surface area (Å²) in [6, 6.07) is 6.92. The molecule has 0 fully saturated rings. The molecule has 1 N–H and O–H groups in total. The van der Waals surface area contributed by atoms with Gasteiger partial charge in [-0.3, -0.25) is 0 Å². The van der Waals surface area contributed by atoms with Crippen molar-refractivity contribution in [1.29, 1.82) is 0 Å². The molecule has 0 saturated heterocycles. The molecule has 1 rings (SSSR count). The molecule has 1 aromatic carbocycles. The van der Waals surface area contributed by atoms with E-state index in [0.717, 1.165) is 30.2 Å². The van der Waals surface area contributed by atoms with Crippen LogP contribution in [0.3, 0.4) is 0 Å². The quantitative estimate of drug-likeness (QED) is 0.576. The number of hydrogen-bond donors (Lipinski definition) is 1. The predicted molar refractivity (Wildman–Crippen MR) is 60.3 cm³/mol. The molecule has 78 valence electrons. The van der Waals surface area contributed by atoms with Gasteiger partial charge in [0.1, 0.15) is 5.82 Å². The summed E-state index contributed by atoms with van der Waals surface area (Å²) in [5.74, 6) is 0.856. The van der Waals surface area contributed by atoms with Gasteiger partial charge in [0.2, 0.25) is 0 Å². The average Bonchev–Trinajstić information content (AvgIpc) is 2.20. The molecule has 14 heavy (non-hydrogen) atoms. The Kier molecular flexibility index (Phi) is 5.64. The molecule has 0 atom stereocenters. The van der Waals surface area contributed by atoms with E-state index in [2.05, 4.69) is 12.2 Å². The molecule has 0 spiro atoms. The van der Waals surface area contributed by atoms with Gasteiger partial charge in [-0.15, -0.1) is 11.8 Å². The summed E-state index contributed by atoms with van der Waals surface area (Å²) in [7, 11) is 0. The maximum atomic E-state index is 13.1. The van der Waals surface area contributed by atoms with E-state index in [4.69, 9.17) is 0 Å². The van der Waals surface area contributed by atoms with Crippen LogP contribution in [0.2, 0.25) is 0 Å². The Hall–Kier alpha value is -0.540. The maximum absolute atomic E-state index is 13.1. The van der Waals surface area contributed by atoms with Crippen molar-refractivity contribution < 1.29 is 4.39 Å². The standard InChI is InChI=1S/C11H16FNS/c1-2-13-8-5-9-14-11-7-4-3-6-10(11)12/h3-4,6-7,13H,2,5,8-9H2,1H3. The first-order valence-corrected chi connectivity index (χ1v) is 5.91.